The number of nitrogens with one attached hydrogen (secondary N) is 2. The van der Waals surface area contributed by atoms with Crippen molar-refractivity contribution in [1.29, 1.82) is 0 Å². The fourth-order valence-corrected chi connectivity index (χ4v) is 4.38. The molecule has 1 aliphatic carbocycles. The number of esters is 3. The molecule has 42 heavy (non-hydrogen) atoms. The maximum absolute atomic E-state index is 12.6. The van der Waals surface area contributed by atoms with Crippen molar-refractivity contribution in [2.24, 2.45) is 16.7 Å². The van der Waals surface area contributed by atoms with Crippen molar-refractivity contribution in [2.75, 3.05) is 39.6 Å². The number of halogens is 2. The van der Waals surface area contributed by atoms with Crippen LogP contribution in [-0.2, 0) is 38.1 Å². The van der Waals surface area contributed by atoms with Crippen LogP contribution < -0.4 is 10.6 Å². The summed E-state index contributed by atoms with van der Waals surface area (Å²) in [7, 11) is 0. The first-order chi connectivity index (χ1) is 19.5. The topological polar surface area (TPSA) is 176 Å². The van der Waals surface area contributed by atoms with Crippen molar-refractivity contribution in [2.45, 2.75) is 58.6 Å². The SMILES string of the molecule is C=CC(=O)OCC(COC(=O)C=C)(COC(=O)CC)COC(=O)NCC1CC(NC(=O)OCC(O)(F)F)CC(C)(C)C1. The van der Waals surface area contributed by atoms with Gasteiger partial charge in [-0.3, -0.25) is 4.79 Å². The van der Waals surface area contributed by atoms with Crippen LogP contribution in [0.5, 0.6) is 0 Å². The van der Waals surface area contributed by atoms with E-state index in [0.29, 0.717) is 19.3 Å². The number of alkyl halides is 2. The standard InChI is InChI=1S/C27H40F2N2O11/c1-6-20(32)38-13-26(14-39-21(33)7-2,15-40-22(34)8-3)16-41-23(35)30-12-18-9-19(11-25(4,5)10-18)31-24(36)42-17-27(28,29)37/h6-7,18-19,37H,1-2,8-17H2,3-5H3,(H,30,35)(H,31,36). The number of hydrogen-bond donors (Lipinski definition) is 3. The molecule has 2 unspecified atom stereocenters. The quantitative estimate of drug-likeness (QED) is 0.134. The van der Waals surface area contributed by atoms with Crippen LogP contribution in [0, 0.1) is 16.7 Å². The molecule has 0 aromatic heterocycles. The van der Waals surface area contributed by atoms with Crippen LogP contribution in [0.1, 0.15) is 46.5 Å². The monoisotopic (exact) mass is 606 g/mol. The Morgan fingerprint density at radius 1 is 0.881 bits per heavy atom. The molecule has 1 fully saturated rings. The average Bonchev–Trinajstić information content (AvgIpc) is 2.92. The normalized spacial score (nSPS) is 18.0. The first kappa shape index (κ1) is 36.3. The highest BCUT2D eigenvalue weighted by Gasteiger charge is 2.39. The second-order valence-corrected chi connectivity index (χ2v) is 10.9. The fourth-order valence-electron chi connectivity index (χ4n) is 4.38. The molecule has 2 amide bonds. The van der Waals surface area contributed by atoms with E-state index in [1.807, 2.05) is 13.8 Å². The van der Waals surface area contributed by atoms with Crippen LogP contribution in [0.25, 0.3) is 0 Å². The molecule has 1 rings (SSSR count). The lowest BCUT2D eigenvalue weighted by atomic mass is 9.70. The van der Waals surface area contributed by atoms with E-state index in [1.54, 1.807) is 6.92 Å². The smallest absolute Gasteiger partial charge is 0.407 e. The lowest BCUT2D eigenvalue weighted by Crippen LogP contribution is -2.47. The van der Waals surface area contributed by atoms with E-state index in [-0.39, 0.29) is 24.3 Å². The number of rotatable bonds is 16. The highest BCUT2D eigenvalue weighted by Crippen LogP contribution is 2.38. The van der Waals surface area contributed by atoms with E-state index >= 15 is 0 Å². The highest BCUT2D eigenvalue weighted by atomic mass is 19.3. The number of ether oxygens (including phenoxy) is 5. The first-order valence-corrected chi connectivity index (χ1v) is 13.2. The maximum atomic E-state index is 12.6. The molecule has 0 aromatic rings. The molecule has 13 nitrogen and oxygen atoms in total. The third-order valence-corrected chi connectivity index (χ3v) is 6.20. The molecule has 0 radical (unpaired) electrons. The Labute approximate surface area is 242 Å². The average molecular weight is 607 g/mol. The van der Waals surface area contributed by atoms with Crippen molar-refractivity contribution in [3.63, 3.8) is 0 Å². The van der Waals surface area contributed by atoms with Gasteiger partial charge in [0.2, 0.25) is 0 Å². The zero-order valence-electron chi connectivity index (χ0n) is 24.1. The van der Waals surface area contributed by atoms with Gasteiger partial charge in [-0.1, -0.05) is 33.9 Å². The molecule has 0 aromatic carbocycles. The summed E-state index contributed by atoms with van der Waals surface area (Å²) >= 11 is 0. The molecule has 0 bridgehead atoms. The zero-order chi connectivity index (χ0) is 32.0. The minimum Gasteiger partial charge on any atom is -0.465 e. The Bertz CT molecular complexity index is 958. The van der Waals surface area contributed by atoms with E-state index in [4.69, 9.17) is 24.1 Å². The Morgan fingerprint density at radius 3 is 1.93 bits per heavy atom. The molecule has 3 N–H and O–H groups in total. The summed E-state index contributed by atoms with van der Waals surface area (Å²) in [5.74, 6) is -2.36. The van der Waals surface area contributed by atoms with Gasteiger partial charge in [0.25, 0.3) is 0 Å². The Kier molecular flexibility index (Phi) is 14.4. The number of aliphatic hydroxyl groups is 1. The van der Waals surface area contributed by atoms with Gasteiger partial charge in [-0.2, -0.15) is 8.78 Å². The van der Waals surface area contributed by atoms with Gasteiger partial charge in [0.1, 0.15) is 31.8 Å². The molecule has 1 aliphatic rings. The molecule has 0 spiro atoms. The Balaban J connectivity index is 2.85. The number of hydrogen-bond acceptors (Lipinski definition) is 11. The van der Waals surface area contributed by atoms with Gasteiger partial charge in [0.15, 0.2) is 6.61 Å². The van der Waals surface area contributed by atoms with Crippen molar-refractivity contribution >= 4 is 30.1 Å². The van der Waals surface area contributed by atoms with E-state index in [9.17, 15) is 32.8 Å². The summed E-state index contributed by atoms with van der Waals surface area (Å²) in [6.45, 7) is 8.91. The van der Waals surface area contributed by atoms with Crippen LogP contribution >= 0.6 is 0 Å². The van der Waals surface area contributed by atoms with Gasteiger partial charge in [-0.15, -0.1) is 0 Å². The third kappa shape index (κ3) is 14.8. The summed E-state index contributed by atoms with van der Waals surface area (Å²) in [5.41, 5.74) is -1.73. The van der Waals surface area contributed by atoms with E-state index < -0.39 is 80.7 Å². The zero-order valence-corrected chi connectivity index (χ0v) is 24.1. The second kappa shape index (κ2) is 16.6. The number of carbonyl (C=O) groups excluding carboxylic acids is 5. The van der Waals surface area contributed by atoms with Crippen LogP contribution in [0.15, 0.2) is 25.3 Å². The summed E-state index contributed by atoms with van der Waals surface area (Å²) in [5, 5.41) is 13.6. The summed E-state index contributed by atoms with van der Waals surface area (Å²) in [4.78, 5) is 59.8. The number of alkyl carbamates (subject to hydrolysis) is 2. The van der Waals surface area contributed by atoms with Crippen molar-refractivity contribution < 1.29 is 61.5 Å². The lowest BCUT2D eigenvalue weighted by molar-refractivity contribution is -0.221. The second-order valence-electron chi connectivity index (χ2n) is 10.9. The van der Waals surface area contributed by atoms with E-state index in [2.05, 4.69) is 28.5 Å². The third-order valence-electron chi connectivity index (χ3n) is 6.20. The van der Waals surface area contributed by atoms with Crippen molar-refractivity contribution in [3.05, 3.63) is 25.3 Å². The Hall–Kier alpha value is -3.75. The van der Waals surface area contributed by atoms with Gasteiger partial charge >= 0.3 is 36.2 Å². The molecule has 2 atom stereocenters. The van der Waals surface area contributed by atoms with Crippen molar-refractivity contribution in [3.8, 4) is 0 Å². The minimum atomic E-state index is -4.15. The van der Waals surface area contributed by atoms with E-state index in [0.717, 1.165) is 12.2 Å². The van der Waals surface area contributed by atoms with Gasteiger partial charge in [0, 0.05) is 31.2 Å². The van der Waals surface area contributed by atoms with Crippen LogP contribution in [0.2, 0.25) is 0 Å². The van der Waals surface area contributed by atoms with Gasteiger partial charge in [0.05, 0.1) is 0 Å². The summed E-state index contributed by atoms with van der Waals surface area (Å²) < 4.78 is 50.2. The number of amides is 2. The molecular formula is C27H40F2N2O11. The number of carbonyl (C=O) groups is 5. The van der Waals surface area contributed by atoms with Gasteiger partial charge < -0.3 is 39.4 Å². The predicted molar refractivity (Wildman–Crippen MR) is 142 cm³/mol. The molecule has 0 saturated heterocycles. The summed E-state index contributed by atoms with van der Waals surface area (Å²) in [6.07, 6.45) is -2.72. The van der Waals surface area contributed by atoms with Gasteiger partial charge in [-0.05, 0) is 30.6 Å². The molecule has 1 saturated carbocycles. The highest BCUT2D eigenvalue weighted by molar-refractivity contribution is 5.81. The predicted octanol–water partition coefficient (Wildman–Crippen LogP) is 2.62. The summed E-state index contributed by atoms with van der Waals surface area (Å²) in [6, 6.07) is -0.448. The maximum Gasteiger partial charge on any atom is 0.407 e. The van der Waals surface area contributed by atoms with Crippen molar-refractivity contribution in [1.82, 2.24) is 10.6 Å². The van der Waals surface area contributed by atoms with E-state index in [1.165, 1.54) is 0 Å². The molecule has 0 heterocycles. The molecule has 238 valence electrons. The Morgan fingerprint density at radius 2 is 1.40 bits per heavy atom. The molecule has 0 aliphatic heterocycles. The van der Waals surface area contributed by atoms with Crippen LogP contribution in [0.4, 0.5) is 18.4 Å². The van der Waals surface area contributed by atoms with Gasteiger partial charge in [-0.25, -0.2) is 19.2 Å². The van der Waals surface area contributed by atoms with Crippen LogP contribution in [0.3, 0.4) is 0 Å². The lowest BCUT2D eigenvalue weighted by Gasteiger charge is -2.40. The minimum absolute atomic E-state index is 0.0372. The molecule has 15 heteroatoms. The first-order valence-electron chi connectivity index (χ1n) is 13.2. The molecular weight excluding hydrogens is 566 g/mol. The largest absolute Gasteiger partial charge is 0.465 e. The fraction of sp³-hybridized carbons (Fsp3) is 0.667. The van der Waals surface area contributed by atoms with Crippen LogP contribution in [-0.4, -0.2) is 86.9 Å².